The first-order valence-electron chi connectivity index (χ1n) is 7.10. The molecule has 0 N–H and O–H groups in total. The van der Waals surface area contributed by atoms with Gasteiger partial charge in [-0.05, 0) is 18.2 Å². The molecule has 25 heavy (non-hydrogen) atoms. The monoisotopic (exact) mass is 385 g/mol. The number of nitrogens with zero attached hydrogens (tertiary/aromatic N) is 1. The Morgan fingerprint density at radius 2 is 1.72 bits per heavy atom. The number of benzene rings is 2. The van der Waals surface area contributed by atoms with Crippen LogP contribution >= 0.6 is 18.5 Å². The smallest absolute Gasteiger partial charge is 0.270 e. The van der Waals surface area contributed by atoms with Crippen LogP contribution in [0.5, 0.6) is 17.2 Å². The molecule has 0 spiro atoms. The zero-order chi connectivity index (χ0) is 18.4. The largest absolute Gasteiger partial charge is 0.496 e. The average Bonchev–Trinajstić information content (AvgIpc) is 2.64. The molecular formula is C16H17ClNO6P. The molecule has 0 heterocycles. The van der Waals surface area contributed by atoms with Crippen molar-refractivity contribution in [2.75, 3.05) is 28.1 Å². The van der Waals surface area contributed by atoms with Gasteiger partial charge in [0.2, 0.25) is 0 Å². The highest BCUT2D eigenvalue weighted by atomic mass is 35.7. The van der Waals surface area contributed by atoms with E-state index in [0.717, 1.165) is 0 Å². The van der Waals surface area contributed by atoms with E-state index in [4.69, 9.17) is 30.2 Å². The van der Waals surface area contributed by atoms with Gasteiger partial charge in [0.05, 0.1) is 31.7 Å². The summed E-state index contributed by atoms with van der Waals surface area (Å²) >= 11 is 6.72. The number of ether oxygens (including phenoxy) is 4. The van der Waals surface area contributed by atoms with Gasteiger partial charge in [0.25, 0.3) is 5.69 Å². The fraction of sp³-hybridized carbons (Fsp3) is 0.250. The van der Waals surface area contributed by atoms with Gasteiger partial charge in [-0.3, -0.25) is 10.1 Å². The number of methoxy groups -OCH3 is 3. The number of nitro groups is 1. The van der Waals surface area contributed by atoms with Gasteiger partial charge in [-0.15, -0.1) is 0 Å². The molecule has 0 radical (unpaired) electrons. The molecule has 2 aromatic rings. The molecule has 0 amide bonds. The van der Waals surface area contributed by atoms with E-state index in [0.29, 0.717) is 27.9 Å². The van der Waals surface area contributed by atoms with Crippen LogP contribution in [-0.2, 0) is 4.74 Å². The van der Waals surface area contributed by atoms with Gasteiger partial charge < -0.3 is 18.9 Å². The summed E-state index contributed by atoms with van der Waals surface area (Å²) in [6.45, 7) is -0.00602. The van der Waals surface area contributed by atoms with Gasteiger partial charge in [-0.2, -0.15) is 0 Å². The van der Waals surface area contributed by atoms with Crippen LogP contribution in [0.25, 0.3) is 0 Å². The third-order valence-corrected chi connectivity index (χ3v) is 5.95. The van der Waals surface area contributed by atoms with E-state index in [9.17, 15) is 10.1 Å². The second-order valence-corrected chi connectivity index (χ2v) is 7.26. The Balaban J connectivity index is 2.59. The molecule has 1 unspecified atom stereocenters. The fourth-order valence-electron chi connectivity index (χ4n) is 2.16. The van der Waals surface area contributed by atoms with Crippen LogP contribution < -0.4 is 24.8 Å². The van der Waals surface area contributed by atoms with Crippen LogP contribution in [0.2, 0.25) is 0 Å². The van der Waals surface area contributed by atoms with Gasteiger partial charge in [-0.1, -0.05) is 17.3 Å². The number of halogens is 1. The summed E-state index contributed by atoms with van der Waals surface area (Å²) in [4.78, 5) is 10.7. The highest BCUT2D eigenvalue weighted by molar-refractivity contribution is 7.96. The van der Waals surface area contributed by atoms with Crippen molar-refractivity contribution < 1.29 is 23.9 Å². The fourth-order valence-corrected chi connectivity index (χ4v) is 4.60. The van der Waals surface area contributed by atoms with Crippen molar-refractivity contribution in [3.8, 4) is 17.2 Å². The summed E-state index contributed by atoms with van der Waals surface area (Å²) in [5.74, 6) is 1.47. The Morgan fingerprint density at radius 1 is 1.08 bits per heavy atom. The normalized spacial score (nSPS) is 11.7. The molecule has 0 aliphatic heterocycles. The lowest BCUT2D eigenvalue weighted by Gasteiger charge is -2.19. The summed E-state index contributed by atoms with van der Waals surface area (Å²) < 4.78 is 21.2. The van der Waals surface area contributed by atoms with Gasteiger partial charge in [0, 0.05) is 24.5 Å². The van der Waals surface area contributed by atoms with E-state index >= 15 is 0 Å². The molecule has 0 saturated heterocycles. The van der Waals surface area contributed by atoms with E-state index < -0.39 is 12.2 Å². The zero-order valence-corrected chi connectivity index (χ0v) is 15.5. The number of hydrogen-bond acceptors (Lipinski definition) is 6. The second-order valence-electron chi connectivity index (χ2n) is 4.75. The van der Waals surface area contributed by atoms with Gasteiger partial charge in [-0.25, -0.2) is 0 Å². The summed E-state index contributed by atoms with van der Waals surface area (Å²) in [5, 5.41) is 12.2. The zero-order valence-electron chi connectivity index (χ0n) is 13.9. The molecule has 0 fully saturated rings. The molecule has 2 rings (SSSR count). The van der Waals surface area contributed by atoms with E-state index in [1.54, 1.807) is 18.2 Å². The first kappa shape index (κ1) is 19.2. The maximum Gasteiger partial charge on any atom is 0.270 e. The minimum absolute atomic E-state index is 0.00602. The van der Waals surface area contributed by atoms with Crippen LogP contribution in [0.4, 0.5) is 5.69 Å². The third-order valence-electron chi connectivity index (χ3n) is 3.30. The Bertz CT molecular complexity index is 735. The molecule has 0 bridgehead atoms. The van der Waals surface area contributed by atoms with Crippen molar-refractivity contribution in [3.05, 3.63) is 46.5 Å². The van der Waals surface area contributed by atoms with Crippen LogP contribution in [-0.4, -0.2) is 33.0 Å². The maximum atomic E-state index is 11.1. The molecule has 2 aromatic carbocycles. The molecule has 134 valence electrons. The van der Waals surface area contributed by atoms with Crippen molar-refractivity contribution in [3.63, 3.8) is 0 Å². The Hall–Kier alpha value is -2.08. The molecule has 7 nitrogen and oxygen atoms in total. The van der Waals surface area contributed by atoms with E-state index in [1.807, 2.05) is 0 Å². The summed E-state index contributed by atoms with van der Waals surface area (Å²) in [5.41, 5.74) is -0.0817. The summed E-state index contributed by atoms with van der Waals surface area (Å²) in [6, 6.07) is 9.54. The number of nitro benzene ring substituents is 1. The highest BCUT2D eigenvalue weighted by Crippen LogP contribution is 2.48. The SMILES string of the molecule is COCOc1ccc([N+](=O)[O-])cc1P(Cl)c1c(OC)cccc1OC. The number of rotatable bonds is 8. The first-order chi connectivity index (χ1) is 12.0. The predicted molar refractivity (Wildman–Crippen MR) is 97.2 cm³/mol. The van der Waals surface area contributed by atoms with Gasteiger partial charge in [0.1, 0.15) is 17.2 Å². The van der Waals surface area contributed by atoms with Crippen LogP contribution in [0, 0.1) is 10.1 Å². The Labute approximate surface area is 151 Å². The third kappa shape index (κ3) is 4.31. The molecule has 1 atom stereocenters. The maximum absolute atomic E-state index is 11.1. The quantitative estimate of drug-likeness (QED) is 0.300. The number of non-ortho nitro benzene ring substituents is 1. The molecule has 0 saturated carbocycles. The molecule has 0 aromatic heterocycles. The Morgan fingerprint density at radius 3 is 2.24 bits per heavy atom. The molecular weight excluding hydrogens is 369 g/mol. The predicted octanol–water partition coefficient (Wildman–Crippen LogP) is 3.18. The van der Waals surface area contributed by atoms with Crippen molar-refractivity contribution in [2.45, 2.75) is 0 Å². The van der Waals surface area contributed by atoms with Crippen molar-refractivity contribution in [1.82, 2.24) is 0 Å². The first-order valence-corrected chi connectivity index (χ1v) is 9.35. The van der Waals surface area contributed by atoms with E-state index in [1.165, 1.54) is 39.5 Å². The van der Waals surface area contributed by atoms with Crippen molar-refractivity contribution >= 4 is 34.8 Å². The minimum atomic E-state index is -1.57. The van der Waals surface area contributed by atoms with Gasteiger partial charge >= 0.3 is 0 Å². The highest BCUT2D eigenvalue weighted by Gasteiger charge is 2.26. The lowest BCUT2D eigenvalue weighted by Crippen LogP contribution is -2.17. The van der Waals surface area contributed by atoms with Crippen LogP contribution in [0.3, 0.4) is 0 Å². The molecule has 0 aliphatic carbocycles. The Kier molecular flexibility index (Phi) is 6.82. The van der Waals surface area contributed by atoms with Crippen LogP contribution in [0.15, 0.2) is 36.4 Å². The standard InChI is InChI=1S/C16H17ClNO6P/c1-21-10-24-12-8-7-11(18(19)20)9-15(12)25(17)16-13(22-2)5-4-6-14(16)23-3/h4-9H,10H2,1-3H3. The topological polar surface area (TPSA) is 80.1 Å². The van der Waals surface area contributed by atoms with E-state index in [-0.39, 0.29) is 12.5 Å². The molecule has 9 heteroatoms. The lowest BCUT2D eigenvalue weighted by molar-refractivity contribution is -0.384. The van der Waals surface area contributed by atoms with Crippen LogP contribution in [0.1, 0.15) is 0 Å². The van der Waals surface area contributed by atoms with Crippen molar-refractivity contribution in [1.29, 1.82) is 0 Å². The van der Waals surface area contributed by atoms with Crippen molar-refractivity contribution in [2.24, 2.45) is 0 Å². The summed E-state index contributed by atoms with van der Waals surface area (Å²) in [6.07, 6.45) is 0. The number of hydrogen-bond donors (Lipinski definition) is 0. The average molecular weight is 386 g/mol. The second kappa shape index (κ2) is 8.85. The van der Waals surface area contributed by atoms with E-state index in [2.05, 4.69) is 0 Å². The molecule has 0 aliphatic rings. The van der Waals surface area contributed by atoms with Gasteiger partial charge in [0.15, 0.2) is 6.79 Å². The summed E-state index contributed by atoms with van der Waals surface area (Å²) in [7, 11) is 2.96. The minimum Gasteiger partial charge on any atom is -0.496 e. The lowest BCUT2D eigenvalue weighted by atomic mass is 10.3.